The molecule has 140 valence electrons. The number of morpholine rings is 1. The third kappa shape index (κ3) is 3.71. The van der Waals surface area contributed by atoms with Crippen molar-refractivity contribution in [2.45, 2.75) is 0 Å². The number of nitrogens with zero attached hydrogens (tertiary/aromatic N) is 6. The van der Waals surface area contributed by atoms with E-state index >= 15 is 0 Å². The second-order valence-corrected chi connectivity index (χ2v) is 6.36. The molecular weight excluding hydrogens is 374 g/mol. The molecule has 3 aromatic rings. The maximum absolute atomic E-state index is 12.5. The molecule has 3 aromatic heterocycles. The zero-order chi connectivity index (χ0) is 18.6. The van der Waals surface area contributed by atoms with Gasteiger partial charge in [-0.2, -0.15) is 4.98 Å². The fraction of sp³-hybridized carbons (Fsp3) is 0.333. The molecule has 1 aliphatic heterocycles. The van der Waals surface area contributed by atoms with Gasteiger partial charge in [0.15, 0.2) is 0 Å². The zero-order valence-electron chi connectivity index (χ0n) is 14.3. The molecule has 0 aliphatic carbocycles. The highest BCUT2D eigenvalue weighted by molar-refractivity contribution is 7.13. The van der Waals surface area contributed by atoms with Crippen LogP contribution in [0.4, 0.5) is 12.0 Å². The van der Waals surface area contributed by atoms with Gasteiger partial charge in [0, 0.05) is 13.1 Å². The van der Waals surface area contributed by atoms with Gasteiger partial charge in [0.2, 0.25) is 11.6 Å². The molecular formula is C15H15N7O4S. The van der Waals surface area contributed by atoms with Crippen molar-refractivity contribution in [2.75, 3.05) is 43.6 Å². The van der Waals surface area contributed by atoms with Crippen LogP contribution in [-0.2, 0) is 4.74 Å². The highest BCUT2D eigenvalue weighted by Gasteiger charge is 2.23. The Morgan fingerprint density at radius 3 is 2.85 bits per heavy atom. The number of amides is 1. The number of nitrogens with one attached hydrogen (secondary N) is 1. The lowest BCUT2D eigenvalue weighted by atomic mass is 10.4. The molecule has 0 saturated carbocycles. The number of anilines is 2. The molecule has 1 saturated heterocycles. The summed E-state index contributed by atoms with van der Waals surface area (Å²) in [6.45, 7) is 2.45. The first kappa shape index (κ1) is 17.3. The van der Waals surface area contributed by atoms with Gasteiger partial charge in [-0.25, -0.2) is 0 Å². The van der Waals surface area contributed by atoms with Crippen LogP contribution in [0.3, 0.4) is 0 Å². The van der Waals surface area contributed by atoms with Crippen molar-refractivity contribution in [3.63, 3.8) is 0 Å². The van der Waals surface area contributed by atoms with E-state index in [1.807, 2.05) is 22.4 Å². The number of thiophene rings is 1. The van der Waals surface area contributed by atoms with Gasteiger partial charge in [-0.15, -0.1) is 26.6 Å². The van der Waals surface area contributed by atoms with Gasteiger partial charge >= 0.3 is 6.01 Å². The maximum atomic E-state index is 12.5. The van der Waals surface area contributed by atoms with Gasteiger partial charge in [-0.1, -0.05) is 11.2 Å². The molecule has 1 N–H and O–H groups in total. The lowest BCUT2D eigenvalue weighted by Gasteiger charge is -2.26. The third-order valence-electron chi connectivity index (χ3n) is 3.72. The van der Waals surface area contributed by atoms with Crippen molar-refractivity contribution < 1.29 is 18.7 Å². The molecule has 12 heteroatoms. The fourth-order valence-corrected chi connectivity index (χ4v) is 3.06. The molecule has 0 radical (unpaired) electrons. The van der Waals surface area contributed by atoms with Crippen LogP contribution in [0.25, 0.3) is 10.8 Å². The first-order valence-electron chi connectivity index (χ1n) is 8.04. The summed E-state index contributed by atoms with van der Waals surface area (Å²) in [5.74, 6) is 0.146. The molecule has 0 bridgehead atoms. The smallest absolute Gasteiger partial charge is 0.322 e. The summed E-state index contributed by atoms with van der Waals surface area (Å²) in [5.41, 5.74) is -0.0783. The summed E-state index contributed by atoms with van der Waals surface area (Å²) >= 11 is 1.45. The maximum Gasteiger partial charge on any atom is 0.322 e. The lowest BCUT2D eigenvalue weighted by Crippen LogP contribution is -2.37. The van der Waals surface area contributed by atoms with Crippen molar-refractivity contribution in [3.05, 3.63) is 23.2 Å². The van der Waals surface area contributed by atoms with Crippen LogP contribution in [0, 0.1) is 0 Å². The normalized spacial score (nSPS) is 14.2. The Balaban J connectivity index is 1.51. The van der Waals surface area contributed by atoms with Gasteiger partial charge in [0.05, 0.1) is 25.2 Å². The minimum atomic E-state index is -0.609. The number of ether oxygens (including phenoxy) is 2. The highest BCUT2D eigenvalue weighted by atomic mass is 32.1. The zero-order valence-corrected chi connectivity index (χ0v) is 15.1. The molecule has 1 fully saturated rings. The van der Waals surface area contributed by atoms with E-state index in [9.17, 15) is 4.79 Å². The molecule has 1 aliphatic rings. The van der Waals surface area contributed by atoms with E-state index in [0.29, 0.717) is 38.1 Å². The van der Waals surface area contributed by atoms with Crippen molar-refractivity contribution in [3.8, 4) is 16.6 Å². The predicted molar refractivity (Wildman–Crippen MR) is 95.0 cm³/mol. The Labute approximate surface area is 157 Å². The molecule has 4 heterocycles. The molecule has 11 nitrogen and oxygen atoms in total. The van der Waals surface area contributed by atoms with Crippen molar-refractivity contribution in [1.29, 1.82) is 0 Å². The molecule has 0 atom stereocenters. The number of hydrogen-bond donors (Lipinski definition) is 1. The van der Waals surface area contributed by atoms with Crippen LogP contribution in [-0.4, -0.2) is 64.7 Å². The standard InChI is InChI=1S/C15H15N7O4S/c1-24-13-10(18-20-14(17-13)22-4-6-25-7-5-22)11(23)16-15-21-19-12(26-15)9-3-2-8-27-9/h2-3,8H,4-7H2,1H3,(H,16,21,23). The number of rotatable bonds is 5. The van der Waals surface area contributed by atoms with Crippen LogP contribution in [0.2, 0.25) is 0 Å². The molecule has 0 aromatic carbocycles. The average Bonchev–Trinajstić information content (AvgIpc) is 3.40. The van der Waals surface area contributed by atoms with Gasteiger partial charge in [0.1, 0.15) is 0 Å². The Morgan fingerprint density at radius 2 is 2.11 bits per heavy atom. The van der Waals surface area contributed by atoms with E-state index < -0.39 is 5.91 Å². The summed E-state index contributed by atoms with van der Waals surface area (Å²) in [5, 5.41) is 20.1. The van der Waals surface area contributed by atoms with Gasteiger partial charge in [0.25, 0.3) is 17.7 Å². The van der Waals surface area contributed by atoms with E-state index in [4.69, 9.17) is 13.9 Å². The van der Waals surface area contributed by atoms with E-state index in [0.717, 1.165) is 4.88 Å². The van der Waals surface area contributed by atoms with Crippen LogP contribution in [0.5, 0.6) is 5.88 Å². The molecule has 4 rings (SSSR count). The van der Waals surface area contributed by atoms with Crippen LogP contribution in [0.15, 0.2) is 21.9 Å². The van der Waals surface area contributed by atoms with Gasteiger partial charge in [-0.3, -0.25) is 10.1 Å². The fourth-order valence-electron chi connectivity index (χ4n) is 2.42. The number of aromatic nitrogens is 5. The minimum absolute atomic E-state index is 0.0514. The quantitative estimate of drug-likeness (QED) is 0.677. The molecule has 27 heavy (non-hydrogen) atoms. The van der Waals surface area contributed by atoms with E-state index in [1.54, 1.807) is 0 Å². The van der Waals surface area contributed by atoms with Crippen LogP contribution in [0.1, 0.15) is 10.5 Å². The number of methoxy groups -OCH3 is 1. The van der Waals surface area contributed by atoms with Gasteiger partial charge < -0.3 is 18.8 Å². The number of hydrogen-bond acceptors (Lipinski definition) is 11. The monoisotopic (exact) mass is 389 g/mol. The lowest BCUT2D eigenvalue weighted by molar-refractivity contribution is 0.101. The summed E-state index contributed by atoms with van der Waals surface area (Å²) in [6, 6.07) is 3.65. The topological polar surface area (TPSA) is 128 Å². The number of carbonyl (C=O) groups is 1. The molecule has 0 spiro atoms. The Kier molecular flexibility index (Phi) is 4.89. The van der Waals surface area contributed by atoms with Crippen molar-refractivity contribution in [2.24, 2.45) is 0 Å². The average molecular weight is 389 g/mol. The Bertz CT molecular complexity index is 924. The van der Waals surface area contributed by atoms with E-state index in [-0.39, 0.29) is 17.6 Å². The molecule has 0 unspecified atom stereocenters. The highest BCUT2D eigenvalue weighted by Crippen LogP contribution is 2.25. The Hall–Kier alpha value is -3.12. The minimum Gasteiger partial charge on any atom is -0.479 e. The van der Waals surface area contributed by atoms with Gasteiger partial charge in [-0.05, 0) is 11.4 Å². The van der Waals surface area contributed by atoms with Crippen molar-refractivity contribution in [1.82, 2.24) is 25.4 Å². The summed E-state index contributed by atoms with van der Waals surface area (Å²) in [7, 11) is 1.41. The predicted octanol–water partition coefficient (Wildman–Crippen LogP) is 1.08. The van der Waals surface area contributed by atoms with Crippen molar-refractivity contribution >= 4 is 29.2 Å². The second kappa shape index (κ2) is 7.63. The van der Waals surface area contributed by atoms with Crippen LogP contribution < -0.4 is 15.0 Å². The first-order valence-corrected chi connectivity index (χ1v) is 8.92. The Morgan fingerprint density at radius 1 is 1.26 bits per heavy atom. The van der Waals surface area contributed by atoms with E-state index in [1.165, 1.54) is 18.4 Å². The third-order valence-corrected chi connectivity index (χ3v) is 4.58. The SMILES string of the molecule is COc1nc(N2CCOCC2)nnc1C(=O)Nc1nnc(-c2cccs2)o1. The van der Waals surface area contributed by atoms with Crippen LogP contribution >= 0.6 is 11.3 Å². The first-order chi connectivity index (χ1) is 13.2. The largest absolute Gasteiger partial charge is 0.479 e. The molecule has 1 amide bonds. The second-order valence-electron chi connectivity index (χ2n) is 5.41. The summed E-state index contributed by atoms with van der Waals surface area (Å²) < 4.78 is 15.9. The van der Waals surface area contributed by atoms with E-state index in [2.05, 4.69) is 30.7 Å². The number of carbonyl (C=O) groups excluding carboxylic acids is 1. The summed E-state index contributed by atoms with van der Waals surface area (Å²) in [4.78, 5) is 19.5. The summed E-state index contributed by atoms with van der Waals surface area (Å²) in [6.07, 6.45) is 0.